The van der Waals surface area contributed by atoms with Gasteiger partial charge in [-0.1, -0.05) is 48.5 Å². The topological polar surface area (TPSA) is 84.3 Å². The standard InChI is InChI=1S/C22H24N4O3S/c27-22(23-21-13-14-25(24-21)17-18-7-3-1-4-8-18)19-11-15-26(16-12-19)30(28,29)20-9-5-2-6-10-20/h1-10,13-14,19H,11-12,15-17H2,(H,23,24,27). The summed E-state index contributed by atoms with van der Waals surface area (Å²) in [6.45, 7) is 1.29. The predicted molar refractivity (Wildman–Crippen MR) is 114 cm³/mol. The molecule has 2 heterocycles. The first-order valence-electron chi connectivity index (χ1n) is 9.96. The minimum Gasteiger partial charge on any atom is -0.309 e. The van der Waals surface area contributed by atoms with Crippen molar-refractivity contribution in [3.05, 3.63) is 78.5 Å². The Morgan fingerprint density at radius 2 is 1.60 bits per heavy atom. The number of amides is 1. The fourth-order valence-electron chi connectivity index (χ4n) is 3.62. The SMILES string of the molecule is O=C(Nc1ccn(Cc2ccccc2)n1)C1CCN(S(=O)(=O)c2ccccc2)CC1. The maximum Gasteiger partial charge on any atom is 0.243 e. The number of carbonyl (C=O) groups excluding carboxylic acids is 1. The van der Waals surface area contributed by atoms with E-state index in [0.29, 0.717) is 38.3 Å². The number of rotatable bonds is 6. The van der Waals surface area contributed by atoms with E-state index in [-0.39, 0.29) is 16.7 Å². The zero-order chi connectivity index (χ0) is 21.0. The Morgan fingerprint density at radius 1 is 0.967 bits per heavy atom. The average Bonchev–Trinajstić information content (AvgIpc) is 3.21. The summed E-state index contributed by atoms with van der Waals surface area (Å²) in [7, 11) is -3.51. The quantitative estimate of drug-likeness (QED) is 0.659. The van der Waals surface area contributed by atoms with Gasteiger partial charge in [0.1, 0.15) is 0 Å². The van der Waals surface area contributed by atoms with Crippen molar-refractivity contribution in [1.82, 2.24) is 14.1 Å². The van der Waals surface area contributed by atoms with Gasteiger partial charge in [-0.2, -0.15) is 9.40 Å². The average molecular weight is 425 g/mol. The molecular formula is C22H24N4O3S. The van der Waals surface area contributed by atoms with Gasteiger partial charge in [0.15, 0.2) is 5.82 Å². The zero-order valence-electron chi connectivity index (χ0n) is 16.5. The molecule has 7 nitrogen and oxygen atoms in total. The summed E-state index contributed by atoms with van der Waals surface area (Å²) in [5.74, 6) is 0.165. The molecule has 0 aliphatic carbocycles. The fourth-order valence-corrected chi connectivity index (χ4v) is 5.11. The van der Waals surface area contributed by atoms with Crippen LogP contribution >= 0.6 is 0 Å². The number of aromatic nitrogens is 2. The second-order valence-electron chi connectivity index (χ2n) is 7.36. The lowest BCUT2D eigenvalue weighted by molar-refractivity contribution is -0.120. The van der Waals surface area contributed by atoms with Crippen LogP contribution in [0.15, 0.2) is 77.8 Å². The van der Waals surface area contributed by atoms with E-state index in [0.717, 1.165) is 5.56 Å². The van der Waals surface area contributed by atoms with Gasteiger partial charge in [0.2, 0.25) is 15.9 Å². The van der Waals surface area contributed by atoms with Gasteiger partial charge in [0, 0.05) is 31.3 Å². The van der Waals surface area contributed by atoms with Crippen LogP contribution in [0.4, 0.5) is 5.82 Å². The van der Waals surface area contributed by atoms with Gasteiger partial charge in [-0.15, -0.1) is 0 Å². The van der Waals surface area contributed by atoms with Crippen LogP contribution in [0.25, 0.3) is 0 Å². The number of nitrogens with one attached hydrogen (secondary N) is 1. The van der Waals surface area contributed by atoms with Gasteiger partial charge in [-0.3, -0.25) is 9.48 Å². The van der Waals surface area contributed by atoms with Crippen LogP contribution in [0.5, 0.6) is 0 Å². The third kappa shape index (κ3) is 4.60. The third-order valence-corrected chi connectivity index (χ3v) is 7.20. The maximum absolute atomic E-state index is 12.7. The van der Waals surface area contributed by atoms with E-state index >= 15 is 0 Å². The van der Waals surface area contributed by atoms with Crippen LogP contribution in [-0.2, 0) is 21.4 Å². The summed E-state index contributed by atoms with van der Waals surface area (Å²) < 4.78 is 28.7. The highest BCUT2D eigenvalue weighted by Crippen LogP contribution is 2.24. The smallest absolute Gasteiger partial charge is 0.243 e. The molecule has 1 amide bonds. The van der Waals surface area contributed by atoms with E-state index in [1.54, 1.807) is 41.1 Å². The Labute approximate surface area is 176 Å². The number of carbonyl (C=O) groups is 1. The van der Waals surface area contributed by atoms with Gasteiger partial charge in [0.25, 0.3) is 0 Å². The van der Waals surface area contributed by atoms with Gasteiger partial charge in [-0.05, 0) is 30.5 Å². The van der Waals surface area contributed by atoms with E-state index in [4.69, 9.17) is 0 Å². The van der Waals surface area contributed by atoms with Crippen LogP contribution in [0.2, 0.25) is 0 Å². The molecule has 1 N–H and O–H groups in total. The summed E-state index contributed by atoms with van der Waals surface area (Å²) in [5.41, 5.74) is 1.13. The predicted octanol–water partition coefficient (Wildman–Crippen LogP) is 2.97. The molecule has 8 heteroatoms. The highest BCUT2D eigenvalue weighted by molar-refractivity contribution is 7.89. The van der Waals surface area contributed by atoms with Gasteiger partial charge in [-0.25, -0.2) is 8.42 Å². The van der Waals surface area contributed by atoms with E-state index < -0.39 is 10.0 Å². The Hall–Kier alpha value is -2.97. The van der Waals surface area contributed by atoms with E-state index in [1.807, 2.05) is 36.5 Å². The minimum atomic E-state index is -3.51. The molecule has 0 atom stereocenters. The van der Waals surface area contributed by atoms with Crippen molar-refractivity contribution in [2.75, 3.05) is 18.4 Å². The second kappa shape index (κ2) is 8.81. The molecule has 0 bridgehead atoms. The number of hydrogen-bond acceptors (Lipinski definition) is 4. The summed E-state index contributed by atoms with van der Waals surface area (Å²) in [6.07, 6.45) is 2.81. The van der Waals surface area contributed by atoms with Crippen LogP contribution in [0, 0.1) is 5.92 Å². The first-order valence-corrected chi connectivity index (χ1v) is 11.4. The van der Waals surface area contributed by atoms with E-state index in [2.05, 4.69) is 10.4 Å². The maximum atomic E-state index is 12.7. The molecule has 1 aromatic heterocycles. The Balaban J connectivity index is 1.32. The molecule has 0 radical (unpaired) electrons. The summed E-state index contributed by atoms with van der Waals surface area (Å²) in [6, 6.07) is 20.2. The summed E-state index contributed by atoms with van der Waals surface area (Å²) >= 11 is 0. The number of hydrogen-bond donors (Lipinski definition) is 1. The molecular weight excluding hydrogens is 400 g/mol. The Bertz CT molecular complexity index is 1090. The van der Waals surface area contributed by atoms with Crippen molar-refractivity contribution < 1.29 is 13.2 Å². The van der Waals surface area contributed by atoms with Gasteiger partial charge >= 0.3 is 0 Å². The number of benzene rings is 2. The lowest BCUT2D eigenvalue weighted by Gasteiger charge is -2.30. The van der Waals surface area contributed by atoms with E-state index in [1.165, 1.54) is 4.31 Å². The molecule has 1 aliphatic heterocycles. The minimum absolute atomic E-state index is 0.114. The lowest BCUT2D eigenvalue weighted by atomic mass is 9.97. The van der Waals surface area contributed by atoms with Crippen molar-refractivity contribution in [3.8, 4) is 0 Å². The van der Waals surface area contributed by atoms with Crippen LogP contribution in [0.1, 0.15) is 18.4 Å². The van der Waals surface area contributed by atoms with Crippen LogP contribution in [0.3, 0.4) is 0 Å². The van der Waals surface area contributed by atoms with Crippen LogP contribution < -0.4 is 5.32 Å². The molecule has 1 aliphatic rings. The molecule has 2 aromatic carbocycles. The molecule has 156 valence electrons. The third-order valence-electron chi connectivity index (χ3n) is 5.29. The van der Waals surface area contributed by atoms with Crippen molar-refractivity contribution >= 4 is 21.7 Å². The Kier molecular flexibility index (Phi) is 5.96. The molecule has 0 unspecified atom stereocenters. The Morgan fingerprint density at radius 3 is 2.27 bits per heavy atom. The largest absolute Gasteiger partial charge is 0.309 e. The summed E-state index contributed by atoms with van der Waals surface area (Å²) in [4.78, 5) is 12.9. The number of sulfonamides is 1. The van der Waals surface area contributed by atoms with Crippen LogP contribution in [-0.4, -0.2) is 41.5 Å². The molecule has 1 fully saturated rings. The molecule has 0 saturated carbocycles. The van der Waals surface area contributed by atoms with Crippen molar-refractivity contribution in [2.24, 2.45) is 5.92 Å². The molecule has 4 rings (SSSR count). The first-order chi connectivity index (χ1) is 14.5. The second-order valence-corrected chi connectivity index (χ2v) is 9.30. The monoisotopic (exact) mass is 424 g/mol. The zero-order valence-corrected chi connectivity index (χ0v) is 17.3. The highest BCUT2D eigenvalue weighted by atomic mass is 32.2. The van der Waals surface area contributed by atoms with Gasteiger partial charge in [0.05, 0.1) is 11.4 Å². The number of piperidine rings is 1. The summed E-state index contributed by atoms with van der Waals surface area (Å²) in [5, 5.41) is 7.28. The normalized spacial score (nSPS) is 15.7. The molecule has 1 saturated heterocycles. The number of anilines is 1. The molecule has 30 heavy (non-hydrogen) atoms. The van der Waals surface area contributed by atoms with E-state index in [9.17, 15) is 13.2 Å². The highest BCUT2D eigenvalue weighted by Gasteiger charge is 2.32. The molecule has 3 aromatic rings. The lowest BCUT2D eigenvalue weighted by Crippen LogP contribution is -2.41. The van der Waals surface area contributed by atoms with Crippen molar-refractivity contribution in [1.29, 1.82) is 0 Å². The van der Waals surface area contributed by atoms with Crippen molar-refractivity contribution in [3.63, 3.8) is 0 Å². The number of nitrogens with zero attached hydrogens (tertiary/aromatic N) is 3. The fraction of sp³-hybridized carbons (Fsp3) is 0.273. The first kappa shape index (κ1) is 20.3. The molecule has 0 spiro atoms. The van der Waals surface area contributed by atoms with Crippen molar-refractivity contribution in [2.45, 2.75) is 24.3 Å². The van der Waals surface area contributed by atoms with Gasteiger partial charge < -0.3 is 5.32 Å².